The van der Waals surface area contributed by atoms with E-state index in [4.69, 9.17) is 4.42 Å². The third-order valence-corrected chi connectivity index (χ3v) is 3.63. The van der Waals surface area contributed by atoms with Crippen LogP contribution in [-0.4, -0.2) is 29.0 Å². The number of nitrogens with zero attached hydrogens (tertiary/aromatic N) is 2. The molecule has 0 spiro atoms. The molecule has 0 N–H and O–H groups in total. The van der Waals surface area contributed by atoms with Crippen molar-refractivity contribution in [1.29, 1.82) is 0 Å². The highest BCUT2D eigenvalue weighted by Crippen LogP contribution is 2.33. The molecule has 7 heteroatoms. The molecule has 3 nitrogen and oxygen atoms in total. The van der Waals surface area contributed by atoms with Gasteiger partial charge in [-0.05, 0) is 42.1 Å². The molecular formula is C12H12F2N2OS2. The second-order valence-electron chi connectivity index (χ2n) is 4.47. The molecule has 0 aliphatic rings. The van der Waals surface area contributed by atoms with Gasteiger partial charge in [0.25, 0.3) is 11.8 Å². The summed E-state index contributed by atoms with van der Waals surface area (Å²) in [4.78, 5) is 1.50. The molecule has 19 heavy (non-hydrogen) atoms. The summed E-state index contributed by atoms with van der Waals surface area (Å²) >= 11 is 1.35. The number of alkyl halides is 2. The lowest BCUT2D eigenvalue weighted by molar-refractivity contribution is 0.116. The maximum absolute atomic E-state index is 12.3. The smallest absolute Gasteiger partial charge is 0.314 e. The standard InChI is InChI=1S/C12H12F2N2OS2/c1-19(2,3)7-6-8-4-5-9(18-8)11-15-16-12(17-11)10(13)14/h4-5,10H,1-3H3. The Bertz CT molecular complexity index is 632. The van der Waals surface area contributed by atoms with Gasteiger partial charge in [-0.3, -0.25) is 0 Å². The lowest BCUT2D eigenvalue weighted by Crippen LogP contribution is -1.84. The summed E-state index contributed by atoms with van der Waals surface area (Å²) in [5.41, 5.74) is 0. The van der Waals surface area contributed by atoms with Gasteiger partial charge in [-0.1, -0.05) is 0 Å². The van der Waals surface area contributed by atoms with E-state index in [9.17, 15) is 8.78 Å². The largest absolute Gasteiger partial charge is 0.414 e. The monoisotopic (exact) mass is 302 g/mol. The number of thiophene rings is 1. The Morgan fingerprint density at radius 3 is 2.58 bits per heavy atom. The van der Waals surface area contributed by atoms with Crippen molar-refractivity contribution in [3.05, 3.63) is 22.9 Å². The molecule has 0 saturated carbocycles. The number of rotatable bonds is 2. The van der Waals surface area contributed by atoms with Crippen molar-refractivity contribution < 1.29 is 13.2 Å². The van der Waals surface area contributed by atoms with E-state index < -0.39 is 22.3 Å². The molecule has 2 aromatic rings. The maximum atomic E-state index is 12.3. The predicted molar refractivity (Wildman–Crippen MR) is 74.8 cm³/mol. The van der Waals surface area contributed by atoms with E-state index >= 15 is 0 Å². The molecule has 0 atom stereocenters. The summed E-state index contributed by atoms with van der Waals surface area (Å²) < 4.78 is 29.6. The van der Waals surface area contributed by atoms with Crippen LogP contribution >= 0.6 is 21.4 Å². The van der Waals surface area contributed by atoms with Crippen LogP contribution < -0.4 is 0 Å². The first kappa shape index (κ1) is 14.0. The molecular weight excluding hydrogens is 290 g/mol. The summed E-state index contributed by atoms with van der Waals surface area (Å²) in [6.45, 7) is 0. The average molecular weight is 302 g/mol. The van der Waals surface area contributed by atoms with Gasteiger partial charge in [0.2, 0.25) is 0 Å². The van der Waals surface area contributed by atoms with Crippen molar-refractivity contribution in [1.82, 2.24) is 10.2 Å². The van der Waals surface area contributed by atoms with Crippen molar-refractivity contribution in [2.24, 2.45) is 0 Å². The number of aromatic nitrogens is 2. The summed E-state index contributed by atoms with van der Waals surface area (Å²) in [5, 5.41) is 10.1. The Morgan fingerprint density at radius 2 is 2.00 bits per heavy atom. The fourth-order valence-corrected chi connectivity index (χ4v) is 2.41. The van der Waals surface area contributed by atoms with Crippen molar-refractivity contribution in [3.8, 4) is 21.9 Å². The van der Waals surface area contributed by atoms with Gasteiger partial charge in [0.1, 0.15) is 0 Å². The molecule has 0 fully saturated rings. The van der Waals surface area contributed by atoms with Gasteiger partial charge < -0.3 is 4.42 Å². The Morgan fingerprint density at radius 1 is 1.26 bits per heavy atom. The van der Waals surface area contributed by atoms with Crippen LogP contribution in [0.1, 0.15) is 17.2 Å². The zero-order chi connectivity index (χ0) is 14.0. The van der Waals surface area contributed by atoms with E-state index in [2.05, 4.69) is 40.1 Å². The minimum Gasteiger partial charge on any atom is -0.414 e. The summed E-state index contributed by atoms with van der Waals surface area (Å²) in [6.07, 6.45) is 3.55. The lowest BCUT2D eigenvalue weighted by atomic mass is 10.4. The first-order valence-corrected chi connectivity index (χ1v) is 8.95. The van der Waals surface area contributed by atoms with Crippen molar-refractivity contribution in [2.45, 2.75) is 6.43 Å². The molecule has 0 amide bonds. The second kappa shape index (κ2) is 5.31. The second-order valence-corrected chi connectivity index (χ2v) is 9.44. The summed E-state index contributed by atoms with van der Waals surface area (Å²) in [7, 11) is -0.890. The fourth-order valence-electron chi connectivity index (χ4n) is 1.15. The average Bonchev–Trinajstić information content (AvgIpc) is 2.94. The Labute approximate surface area is 115 Å². The van der Waals surface area contributed by atoms with E-state index in [1.54, 1.807) is 6.07 Å². The van der Waals surface area contributed by atoms with Gasteiger partial charge in [0.15, 0.2) is 0 Å². The first-order valence-electron chi connectivity index (χ1n) is 5.28. The molecule has 0 aliphatic heterocycles. The molecule has 0 radical (unpaired) electrons. The van der Waals surface area contributed by atoms with Gasteiger partial charge in [-0.25, -0.2) is 0 Å². The van der Waals surface area contributed by atoms with Gasteiger partial charge in [0.05, 0.1) is 9.75 Å². The highest BCUT2D eigenvalue weighted by atomic mass is 32.3. The van der Waals surface area contributed by atoms with Gasteiger partial charge in [-0.2, -0.15) is 18.8 Å². The van der Waals surface area contributed by atoms with E-state index in [0.717, 1.165) is 4.88 Å². The minimum atomic E-state index is -2.75. The molecule has 2 aromatic heterocycles. The van der Waals surface area contributed by atoms with E-state index in [-0.39, 0.29) is 5.89 Å². The third-order valence-electron chi connectivity index (χ3n) is 1.92. The molecule has 0 aliphatic carbocycles. The van der Waals surface area contributed by atoms with Gasteiger partial charge in [-0.15, -0.1) is 21.5 Å². The fraction of sp³-hybridized carbons (Fsp3) is 0.333. The maximum Gasteiger partial charge on any atom is 0.314 e. The Kier molecular flexibility index (Phi) is 3.92. The number of hydrogen-bond acceptors (Lipinski definition) is 4. The normalized spacial score (nSPS) is 12.3. The quantitative estimate of drug-likeness (QED) is 0.793. The molecule has 0 aromatic carbocycles. The van der Waals surface area contributed by atoms with Crippen LogP contribution in [0, 0.1) is 11.2 Å². The minimum absolute atomic E-state index is 0.108. The highest BCUT2D eigenvalue weighted by Gasteiger charge is 2.17. The van der Waals surface area contributed by atoms with Crippen molar-refractivity contribution in [3.63, 3.8) is 0 Å². The van der Waals surface area contributed by atoms with Crippen LogP contribution in [0.3, 0.4) is 0 Å². The SMILES string of the molecule is CS(C)(C)C#Cc1ccc(-c2nnc(C(F)F)o2)s1. The van der Waals surface area contributed by atoms with Gasteiger partial charge in [0, 0.05) is 0 Å². The topological polar surface area (TPSA) is 38.9 Å². The van der Waals surface area contributed by atoms with Crippen molar-refractivity contribution in [2.75, 3.05) is 18.8 Å². The predicted octanol–water partition coefficient (Wildman–Crippen LogP) is 3.74. The number of halogens is 2. The van der Waals surface area contributed by atoms with Gasteiger partial charge >= 0.3 is 6.43 Å². The zero-order valence-corrected chi connectivity index (χ0v) is 12.2. The number of hydrogen-bond donors (Lipinski definition) is 0. The van der Waals surface area contributed by atoms with E-state index in [1.807, 2.05) is 6.07 Å². The van der Waals surface area contributed by atoms with E-state index in [1.165, 1.54) is 11.3 Å². The van der Waals surface area contributed by atoms with E-state index in [0.29, 0.717) is 4.88 Å². The lowest BCUT2D eigenvalue weighted by Gasteiger charge is -2.14. The zero-order valence-electron chi connectivity index (χ0n) is 10.6. The summed E-state index contributed by atoms with van der Waals surface area (Å²) in [6, 6.07) is 3.57. The Balaban J connectivity index is 2.22. The highest BCUT2D eigenvalue weighted by molar-refractivity contribution is 8.36. The molecule has 0 unspecified atom stereocenters. The molecule has 2 heterocycles. The molecule has 0 saturated heterocycles. The third kappa shape index (κ3) is 3.78. The first-order chi connectivity index (χ1) is 8.85. The van der Waals surface area contributed by atoms with Crippen LogP contribution in [0.25, 0.3) is 10.8 Å². The van der Waals surface area contributed by atoms with Crippen LogP contribution in [-0.2, 0) is 0 Å². The van der Waals surface area contributed by atoms with Crippen molar-refractivity contribution >= 4 is 21.4 Å². The van der Waals surface area contributed by atoms with Crippen LogP contribution in [0.5, 0.6) is 0 Å². The van der Waals surface area contributed by atoms with Crippen LogP contribution in [0.2, 0.25) is 0 Å². The molecule has 2 rings (SSSR count). The summed E-state index contributed by atoms with van der Waals surface area (Å²) in [5.74, 6) is 2.52. The molecule has 0 bridgehead atoms. The van der Waals surface area contributed by atoms with Crippen LogP contribution in [0.15, 0.2) is 16.5 Å². The molecule has 102 valence electrons. The Hall–Kier alpha value is -1.39. The van der Waals surface area contributed by atoms with Crippen LogP contribution in [0.4, 0.5) is 8.78 Å².